The molecule has 1 aromatic rings. The lowest BCUT2D eigenvalue weighted by molar-refractivity contribution is 0.0137. The fourth-order valence-electron chi connectivity index (χ4n) is 2.34. The highest BCUT2D eigenvalue weighted by Gasteiger charge is 2.25. The highest BCUT2D eigenvalue weighted by Crippen LogP contribution is 2.26. The Morgan fingerprint density at radius 3 is 2.50 bits per heavy atom. The van der Waals surface area contributed by atoms with E-state index >= 15 is 0 Å². The van der Waals surface area contributed by atoms with Crippen LogP contribution in [0.3, 0.4) is 0 Å². The summed E-state index contributed by atoms with van der Waals surface area (Å²) in [6.07, 6.45) is -0.233. The van der Waals surface area contributed by atoms with Gasteiger partial charge in [0.15, 0.2) is 0 Å². The van der Waals surface area contributed by atoms with Crippen molar-refractivity contribution in [1.82, 2.24) is 9.80 Å². The summed E-state index contributed by atoms with van der Waals surface area (Å²) in [5, 5.41) is 0.637. The molecular weight excluding hydrogens is 396 g/mol. The molecule has 134 valence electrons. The van der Waals surface area contributed by atoms with Gasteiger partial charge in [0.05, 0.1) is 5.02 Å². The number of rotatable bonds is 4. The predicted octanol–water partition coefficient (Wildman–Crippen LogP) is 4.03. The molecule has 1 amide bonds. The van der Waals surface area contributed by atoms with E-state index in [9.17, 15) is 4.79 Å². The van der Waals surface area contributed by atoms with E-state index in [1.54, 1.807) is 11.0 Å². The molecule has 1 heterocycles. The number of amides is 1. The van der Waals surface area contributed by atoms with Crippen molar-refractivity contribution in [3.8, 4) is 5.75 Å². The van der Waals surface area contributed by atoms with Crippen LogP contribution < -0.4 is 4.74 Å². The van der Waals surface area contributed by atoms with Crippen molar-refractivity contribution in [3.05, 3.63) is 27.7 Å². The highest BCUT2D eigenvalue weighted by molar-refractivity contribution is 9.10. The molecule has 0 spiro atoms. The summed E-state index contributed by atoms with van der Waals surface area (Å²) in [6.45, 7) is 10.1. The van der Waals surface area contributed by atoms with E-state index in [0.717, 1.165) is 29.9 Å². The van der Waals surface area contributed by atoms with Crippen LogP contribution >= 0.6 is 27.5 Å². The van der Waals surface area contributed by atoms with Crippen molar-refractivity contribution >= 4 is 33.6 Å². The van der Waals surface area contributed by atoms with Crippen LogP contribution in [-0.2, 0) is 4.74 Å². The van der Waals surface area contributed by atoms with Crippen LogP contribution in [0.1, 0.15) is 20.8 Å². The Labute approximate surface area is 157 Å². The third kappa shape index (κ3) is 6.15. The van der Waals surface area contributed by atoms with Gasteiger partial charge >= 0.3 is 6.09 Å². The standard InChI is InChI=1S/C17H24BrClN2O3/c1-17(2,3)24-16(22)21-8-6-20(7-9-21)10-11-23-13-4-5-14(18)15(19)12-13/h4-5,12H,6-11H2,1-3H3. The molecule has 0 saturated carbocycles. The molecule has 0 aliphatic carbocycles. The van der Waals surface area contributed by atoms with Crippen molar-refractivity contribution in [1.29, 1.82) is 0 Å². The smallest absolute Gasteiger partial charge is 0.410 e. The first-order valence-corrected chi connectivity index (χ1v) is 9.20. The first-order valence-electron chi connectivity index (χ1n) is 8.03. The van der Waals surface area contributed by atoms with Crippen LogP contribution in [0.4, 0.5) is 4.79 Å². The maximum atomic E-state index is 12.0. The maximum Gasteiger partial charge on any atom is 0.410 e. The first-order chi connectivity index (χ1) is 11.2. The van der Waals surface area contributed by atoms with E-state index in [0.29, 0.717) is 24.7 Å². The van der Waals surface area contributed by atoms with Crippen molar-refractivity contribution in [2.45, 2.75) is 26.4 Å². The second-order valence-electron chi connectivity index (χ2n) is 6.73. The molecule has 1 aliphatic heterocycles. The number of carbonyl (C=O) groups is 1. The van der Waals surface area contributed by atoms with Gasteiger partial charge in [0, 0.05) is 37.2 Å². The van der Waals surface area contributed by atoms with E-state index in [-0.39, 0.29) is 6.09 Å². The Hall–Kier alpha value is -0.980. The van der Waals surface area contributed by atoms with Gasteiger partial charge in [0.2, 0.25) is 0 Å². The molecule has 2 rings (SSSR count). The Bertz CT molecular complexity index is 569. The van der Waals surface area contributed by atoms with Crippen LogP contribution in [-0.4, -0.2) is 60.8 Å². The molecule has 1 aliphatic rings. The molecular formula is C17H24BrClN2O3. The summed E-state index contributed by atoms with van der Waals surface area (Å²) in [5.74, 6) is 0.760. The fourth-order valence-corrected chi connectivity index (χ4v) is 2.76. The van der Waals surface area contributed by atoms with Gasteiger partial charge in [0.25, 0.3) is 0 Å². The Balaban J connectivity index is 1.69. The summed E-state index contributed by atoms with van der Waals surface area (Å²) >= 11 is 9.40. The molecule has 0 atom stereocenters. The monoisotopic (exact) mass is 418 g/mol. The van der Waals surface area contributed by atoms with E-state index in [4.69, 9.17) is 21.1 Å². The SMILES string of the molecule is CC(C)(C)OC(=O)N1CCN(CCOc2ccc(Br)c(Cl)c2)CC1. The largest absolute Gasteiger partial charge is 0.492 e. The maximum absolute atomic E-state index is 12.0. The Kier molecular flexibility index (Phi) is 6.78. The van der Waals surface area contributed by atoms with Crippen LogP contribution in [0.25, 0.3) is 0 Å². The Morgan fingerprint density at radius 2 is 1.92 bits per heavy atom. The zero-order chi connectivity index (χ0) is 17.7. The molecule has 1 fully saturated rings. The number of benzene rings is 1. The average molecular weight is 420 g/mol. The van der Waals surface area contributed by atoms with Gasteiger partial charge in [-0.05, 0) is 54.9 Å². The predicted molar refractivity (Wildman–Crippen MR) is 98.9 cm³/mol. The van der Waals surface area contributed by atoms with Gasteiger partial charge in [-0.3, -0.25) is 4.90 Å². The van der Waals surface area contributed by atoms with Gasteiger partial charge in [0.1, 0.15) is 18.0 Å². The molecule has 0 N–H and O–H groups in total. The number of nitrogens with zero attached hydrogens (tertiary/aromatic N) is 2. The molecule has 0 radical (unpaired) electrons. The van der Waals surface area contributed by atoms with Crippen molar-refractivity contribution < 1.29 is 14.3 Å². The minimum absolute atomic E-state index is 0.233. The lowest BCUT2D eigenvalue weighted by atomic mass is 10.2. The summed E-state index contributed by atoms with van der Waals surface area (Å²) in [7, 11) is 0. The van der Waals surface area contributed by atoms with Crippen molar-refractivity contribution in [2.75, 3.05) is 39.3 Å². The fraction of sp³-hybridized carbons (Fsp3) is 0.588. The number of carbonyl (C=O) groups excluding carboxylic acids is 1. The quantitative estimate of drug-likeness (QED) is 0.739. The molecule has 7 heteroatoms. The number of hydrogen-bond acceptors (Lipinski definition) is 4. The first kappa shape index (κ1) is 19.3. The number of piperazine rings is 1. The lowest BCUT2D eigenvalue weighted by Gasteiger charge is -2.35. The number of ether oxygens (including phenoxy) is 2. The normalized spacial score (nSPS) is 16.1. The minimum Gasteiger partial charge on any atom is -0.492 e. The van der Waals surface area contributed by atoms with Gasteiger partial charge in [-0.15, -0.1) is 0 Å². The number of halogens is 2. The molecule has 1 saturated heterocycles. The highest BCUT2D eigenvalue weighted by atomic mass is 79.9. The van der Waals surface area contributed by atoms with E-state index in [2.05, 4.69) is 20.8 Å². The molecule has 1 aromatic carbocycles. The molecule has 24 heavy (non-hydrogen) atoms. The third-order valence-corrected chi connectivity index (χ3v) is 4.82. The van der Waals surface area contributed by atoms with E-state index in [1.165, 1.54) is 0 Å². The zero-order valence-electron chi connectivity index (χ0n) is 14.3. The average Bonchev–Trinajstić information content (AvgIpc) is 2.50. The zero-order valence-corrected chi connectivity index (χ0v) is 16.7. The van der Waals surface area contributed by atoms with E-state index < -0.39 is 5.60 Å². The minimum atomic E-state index is -0.450. The molecule has 0 unspecified atom stereocenters. The van der Waals surface area contributed by atoms with Gasteiger partial charge in [-0.1, -0.05) is 11.6 Å². The molecule has 0 aromatic heterocycles. The molecule has 5 nitrogen and oxygen atoms in total. The number of hydrogen-bond donors (Lipinski definition) is 0. The van der Waals surface area contributed by atoms with Gasteiger partial charge < -0.3 is 14.4 Å². The summed E-state index contributed by atoms with van der Waals surface area (Å²) in [4.78, 5) is 16.1. The van der Waals surface area contributed by atoms with Gasteiger partial charge in [-0.25, -0.2) is 4.79 Å². The van der Waals surface area contributed by atoms with E-state index in [1.807, 2.05) is 32.9 Å². The second-order valence-corrected chi connectivity index (χ2v) is 7.99. The lowest BCUT2D eigenvalue weighted by Crippen LogP contribution is -2.50. The molecule has 0 bridgehead atoms. The van der Waals surface area contributed by atoms with Crippen LogP contribution in [0, 0.1) is 0 Å². The van der Waals surface area contributed by atoms with Crippen molar-refractivity contribution in [3.63, 3.8) is 0 Å². The Morgan fingerprint density at radius 1 is 1.25 bits per heavy atom. The third-order valence-electron chi connectivity index (χ3n) is 3.59. The van der Waals surface area contributed by atoms with Crippen molar-refractivity contribution in [2.24, 2.45) is 0 Å². The topological polar surface area (TPSA) is 42.0 Å². The second kappa shape index (κ2) is 8.41. The van der Waals surface area contributed by atoms with Gasteiger partial charge in [-0.2, -0.15) is 0 Å². The summed E-state index contributed by atoms with van der Waals surface area (Å²) in [5.41, 5.74) is -0.450. The summed E-state index contributed by atoms with van der Waals surface area (Å²) < 4.78 is 12.0. The van der Waals surface area contributed by atoms with Crippen LogP contribution in [0.2, 0.25) is 5.02 Å². The summed E-state index contributed by atoms with van der Waals surface area (Å²) in [6, 6.07) is 5.56. The van der Waals surface area contributed by atoms with Crippen LogP contribution in [0.15, 0.2) is 22.7 Å². The van der Waals surface area contributed by atoms with Crippen LogP contribution in [0.5, 0.6) is 5.75 Å².